The molecule has 2 aromatic carbocycles. The van der Waals surface area contributed by atoms with Gasteiger partial charge >= 0.3 is 0 Å². The van der Waals surface area contributed by atoms with Crippen molar-refractivity contribution in [2.75, 3.05) is 24.3 Å². The van der Waals surface area contributed by atoms with E-state index < -0.39 is 0 Å². The van der Waals surface area contributed by atoms with Gasteiger partial charge in [0.1, 0.15) is 0 Å². The van der Waals surface area contributed by atoms with Crippen LogP contribution in [0, 0.1) is 0 Å². The van der Waals surface area contributed by atoms with Crippen LogP contribution in [0.5, 0.6) is 11.5 Å². The molecule has 0 fully saturated rings. The third kappa shape index (κ3) is 4.04. The van der Waals surface area contributed by atoms with Crippen LogP contribution in [-0.4, -0.2) is 13.2 Å². The first-order valence-corrected chi connectivity index (χ1v) is 7.65. The number of nitrogen functional groups attached to an aromatic ring is 1. The number of halogens is 1. The number of nitrogens with one attached hydrogen (secondary N) is 1. The van der Waals surface area contributed by atoms with Crippen molar-refractivity contribution in [1.82, 2.24) is 0 Å². The topological polar surface area (TPSA) is 56.5 Å². The lowest BCUT2D eigenvalue weighted by atomic mass is 10.2. The first kappa shape index (κ1) is 15.5. The molecular formula is C16H19BrN2O2. The molecule has 2 aromatic rings. The number of benzene rings is 2. The molecular weight excluding hydrogens is 332 g/mol. The molecule has 0 atom stereocenters. The molecule has 0 aromatic heterocycles. The summed E-state index contributed by atoms with van der Waals surface area (Å²) in [5, 5.41) is 3.29. The monoisotopic (exact) mass is 350 g/mol. The van der Waals surface area contributed by atoms with Crippen molar-refractivity contribution in [1.29, 1.82) is 0 Å². The van der Waals surface area contributed by atoms with Gasteiger partial charge in [-0.1, -0.05) is 15.9 Å². The second-order valence-electron chi connectivity index (χ2n) is 4.38. The van der Waals surface area contributed by atoms with E-state index in [1.165, 1.54) is 0 Å². The van der Waals surface area contributed by atoms with Gasteiger partial charge in [0.2, 0.25) is 0 Å². The van der Waals surface area contributed by atoms with Gasteiger partial charge in [0.15, 0.2) is 11.5 Å². The number of anilines is 3. The Bertz CT molecular complexity index is 617. The zero-order chi connectivity index (χ0) is 15.2. The standard InChI is InChI=1S/C16H19BrN2O2/c1-3-20-15-8-6-12(10-16(15)21-4-2)19-14-7-5-11(17)9-13(14)18/h5-10,19H,3-4,18H2,1-2H3. The number of nitrogens with two attached hydrogens (primary N) is 1. The van der Waals surface area contributed by atoms with Crippen molar-refractivity contribution in [3.05, 3.63) is 40.9 Å². The molecule has 0 aliphatic heterocycles. The van der Waals surface area contributed by atoms with E-state index in [0.717, 1.165) is 27.3 Å². The molecule has 3 N–H and O–H groups in total. The van der Waals surface area contributed by atoms with Crippen molar-refractivity contribution in [2.24, 2.45) is 0 Å². The van der Waals surface area contributed by atoms with Gasteiger partial charge in [0, 0.05) is 16.2 Å². The minimum Gasteiger partial charge on any atom is -0.490 e. The molecule has 21 heavy (non-hydrogen) atoms. The Kier molecular flexibility index (Phi) is 5.33. The van der Waals surface area contributed by atoms with E-state index in [1.54, 1.807) is 0 Å². The van der Waals surface area contributed by atoms with Crippen molar-refractivity contribution in [2.45, 2.75) is 13.8 Å². The summed E-state index contributed by atoms with van der Waals surface area (Å²) in [7, 11) is 0. The number of hydrogen-bond donors (Lipinski definition) is 2. The predicted octanol–water partition coefficient (Wildman–Crippen LogP) is 4.57. The molecule has 0 radical (unpaired) electrons. The third-order valence-electron chi connectivity index (χ3n) is 2.84. The fraction of sp³-hybridized carbons (Fsp3) is 0.250. The number of ether oxygens (including phenoxy) is 2. The fourth-order valence-corrected chi connectivity index (χ4v) is 2.31. The van der Waals surface area contributed by atoms with Gasteiger partial charge in [-0.2, -0.15) is 0 Å². The average Bonchev–Trinajstić information content (AvgIpc) is 2.45. The SMILES string of the molecule is CCOc1ccc(Nc2ccc(Br)cc2N)cc1OCC. The minimum atomic E-state index is 0.587. The minimum absolute atomic E-state index is 0.587. The Hall–Kier alpha value is -1.88. The zero-order valence-corrected chi connectivity index (χ0v) is 13.7. The highest BCUT2D eigenvalue weighted by molar-refractivity contribution is 9.10. The maximum atomic E-state index is 6.00. The Morgan fingerprint density at radius 1 is 1.00 bits per heavy atom. The maximum absolute atomic E-state index is 6.00. The number of hydrogen-bond acceptors (Lipinski definition) is 4. The highest BCUT2D eigenvalue weighted by Crippen LogP contribution is 2.33. The van der Waals surface area contributed by atoms with Crippen molar-refractivity contribution < 1.29 is 9.47 Å². The van der Waals surface area contributed by atoms with Crippen LogP contribution in [0.3, 0.4) is 0 Å². The van der Waals surface area contributed by atoms with E-state index in [2.05, 4.69) is 21.2 Å². The van der Waals surface area contributed by atoms with E-state index in [0.29, 0.717) is 18.9 Å². The first-order chi connectivity index (χ1) is 10.1. The van der Waals surface area contributed by atoms with E-state index in [-0.39, 0.29) is 0 Å². The van der Waals surface area contributed by atoms with Crippen LogP contribution in [0.2, 0.25) is 0 Å². The molecule has 5 heteroatoms. The second kappa shape index (κ2) is 7.22. The van der Waals surface area contributed by atoms with Gasteiger partial charge < -0.3 is 20.5 Å². The lowest BCUT2D eigenvalue weighted by Gasteiger charge is -2.14. The summed E-state index contributed by atoms with van der Waals surface area (Å²) in [4.78, 5) is 0. The summed E-state index contributed by atoms with van der Waals surface area (Å²) in [6, 6.07) is 11.5. The molecule has 0 aliphatic carbocycles. The van der Waals surface area contributed by atoms with Crippen molar-refractivity contribution in [3.8, 4) is 11.5 Å². The second-order valence-corrected chi connectivity index (χ2v) is 5.30. The van der Waals surface area contributed by atoms with Crippen LogP contribution in [0.15, 0.2) is 40.9 Å². The van der Waals surface area contributed by atoms with Gasteiger partial charge in [-0.05, 0) is 44.2 Å². The average molecular weight is 351 g/mol. The molecule has 0 bridgehead atoms. The summed E-state index contributed by atoms with van der Waals surface area (Å²) >= 11 is 3.40. The van der Waals surface area contributed by atoms with Gasteiger partial charge in [-0.25, -0.2) is 0 Å². The Morgan fingerprint density at radius 3 is 2.38 bits per heavy atom. The molecule has 2 rings (SSSR count). The largest absolute Gasteiger partial charge is 0.490 e. The molecule has 0 aliphatic rings. The molecule has 4 nitrogen and oxygen atoms in total. The predicted molar refractivity (Wildman–Crippen MR) is 90.6 cm³/mol. The molecule has 0 amide bonds. The van der Waals surface area contributed by atoms with Gasteiger partial charge in [0.05, 0.1) is 24.6 Å². The van der Waals surface area contributed by atoms with Crippen LogP contribution in [-0.2, 0) is 0 Å². The van der Waals surface area contributed by atoms with Crippen LogP contribution >= 0.6 is 15.9 Å². The van der Waals surface area contributed by atoms with E-state index >= 15 is 0 Å². The molecule has 0 unspecified atom stereocenters. The highest BCUT2D eigenvalue weighted by atomic mass is 79.9. The molecule has 112 valence electrons. The van der Waals surface area contributed by atoms with Gasteiger partial charge in [0.25, 0.3) is 0 Å². The summed E-state index contributed by atoms with van der Waals surface area (Å²) in [6.07, 6.45) is 0. The molecule has 0 spiro atoms. The lowest BCUT2D eigenvalue weighted by Crippen LogP contribution is -2.00. The summed E-state index contributed by atoms with van der Waals surface area (Å²) < 4.78 is 12.1. The van der Waals surface area contributed by atoms with Crippen molar-refractivity contribution in [3.63, 3.8) is 0 Å². The van der Waals surface area contributed by atoms with Gasteiger partial charge in [-0.3, -0.25) is 0 Å². The van der Waals surface area contributed by atoms with Crippen LogP contribution < -0.4 is 20.5 Å². The van der Waals surface area contributed by atoms with E-state index in [4.69, 9.17) is 15.2 Å². The molecule has 0 saturated carbocycles. The fourth-order valence-electron chi connectivity index (χ4n) is 1.93. The van der Waals surface area contributed by atoms with Crippen LogP contribution in [0.25, 0.3) is 0 Å². The quantitative estimate of drug-likeness (QED) is 0.749. The van der Waals surface area contributed by atoms with Gasteiger partial charge in [-0.15, -0.1) is 0 Å². The Labute approximate surface area is 133 Å². The Balaban J connectivity index is 2.25. The molecule has 0 saturated heterocycles. The van der Waals surface area contributed by atoms with Crippen molar-refractivity contribution >= 4 is 33.0 Å². The number of rotatable bonds is 6. The van der Waals surface area contributed by atoms with E-state index in [1.807, 2.05) is 50.2 Å². The highest BCUT2D eigenvalue weighted by Gasteiger charge is 2.07. The van der Waals surface area contributed by atoms with Crippen LogP contribution in [0.4, 0.5) is 17.1 Å². The maximum Gasteiger partial charge on any atom is 0.163 e. The first-order valence-electron chi connectivity index (χ1n) is 6.85. The third-order valence-corrected chi connectivity index (χ3v) is 3.33. The summed E-state index contributed by atoms with van der Waals surface area (Å²) in [6.45, 7) is 5.09. The Morgan fingerprint density at radius 2 is 1.71 bits per heavy atom. The summed E-state index contributed by atoms with van der Waals surface area (Å²) in [5.41, 5.74) is 8.42. The summed E-state index contributed by atoms with van der Waals surface area (Å²) in [5.74, 6) is 1.47. The van der Waals surface area contributed by atoms with E-state index in [9.17, 15) is 0 Å². The normalized spacial score (nSPS) is 10.2. The van der Waals surface area contributed by atoms with Crippen LogP contribution in [0.1, 0.15) is 13.8 Å². The molecule has 0 heterocycles. The lowest BCUT2D eigenvalue weighted by molar-refractivity contribution is 0.288. The zero-order valence-electron chi connectivity index (χ0n) is 12.2. The smallest absolute Gasteiger partial charge is 0.163 e.